The molecule has 1 aromatic carbocycles. The number of nitro benzene ring substituents is 1. The zero-order chi connectivity index (χ0) is 9.84. The molecule has 0 aliphatic rings. The van der Waals surface area contributed by atoms with Crippen molar-refractivity contribution in [2.24, 2.45) is 0 Å². The molecule has 0 spiro atoms. The Morgan fingerprint density at radius 1 is 1.54 bits per heavy atom. The van der Waals surface area contributed by atoms with Gasteiger partial charge in [-0.1, -0.05) is 6.07 Å². The SMILES string of the molecule is O=[N+]([O-])c1ccc(CO)c([B]O)c1. The molecule has 0 bridgehead atoms. The number of nitro groups is 1. The van der Waals surface area contributed by atoms with Crippen LogP contribution >= 0.6 is 0 Å². The van der Waals surface area contributed by atoms with Gasteiger partial charge in [-0.15, -0.1) is 0 Å². The molecule has 1 radical (unpaired) electrons. The Morgan fingerprint density at radius 3 is 2.69 bits per heavy atom. The summed E-state index contributed by atoms with van der Waals surface area (Å²) in [5, 5.41) is 27.8. The number of rotatable bonds is 3. The summed E-state index contributed by atoms with van der Waals surface area (Å²) in [5.74, 6) is 0. The summed E-state index contributed by atoms with van der Waals surface area (Å²) in [6.07, 6.45) is 0. The molecule has 5 nitrogen and oxygen atoms in total. The van der Waals surface area contributed by atoms with Crippen molar-refractivity contribution in [1.29, 1.82) is 0 Å². The maximum absolute atomic E-state index is 10.3. The normalized spacial score (nSPS) is 9.69. The average molecular weight is 180 g/mol. The van der Waals surface area contributed by atoms with Crippen LogP contribution < -0.4 is 5.46 Å². The Bertz CT molecular complexity index is 328. The summed E-state index contributed by atoms with van der Waals surface area (Å²) in [7, 11) is 0.735. The molecule has 2 N–H and O–H groups in total. The van der Waals surface area contributed by atoms with Gasteiger partial charge in [0.1, 0.15) is 0 Å². The van der Waals surface area contributed by atoms with Crippen LogP contribution in [0.2, 0.25) is 0 Å². The standard InChI is InChI=1S/C7H7BNO4/c10-4-5-1-2-6(9(12)13)3-7(5)8-11/h1-3,10-11H,4H2. The lowest BCUT2D eigenvalue weighted by Crippen LogP contribution is -2.19. The molecule has 0 saturated carbocycles. The first-order chi connectivity index (χ1) is 6.19. The third-order valence-electron chi connectivity index (χ3n) is 1.65. The van der Waals surface area contributed by atoms with Crippen molar-refractivity contribution in [3.8, 4) is 0 Å². The molecule has 0 aromatic heterocycles. The van der Waals surface area contributed by atoms with E-state index in [4.69, 9.17) is 10.1 Å². The number of non-ortho nitro benzene ring substituents is 1. The Hall–Kier alpha value is -1.40. The zero-order valence-electron chi connectivity index (χ0n) is 6.67. The van der Waals surface area contributed by atoms with Crippen molar-refractivity contribution in [2.45, 2.75) is 6.61 Å². The molecule has 0 atom stereocenters. The second kappa shape index (κ2) is 4.02. The average Bonchev–Trinajstić information content (AvgIpc) is 2.16. The minimum absolute atomic E-state index is 0.113. The van der Waals surface area contributed by atoms with Crippen molar-refractivity contribution >= 4 is 18.6 Å². The predicted octanol–water partition coefficient (Wildman–Crippen LogP) is -0.676. The molecular formula is C7H7BNO4. The fraction of sp³-hybridized carbons (Fsp3) is 0.143. The monoisotopic (exact) mass is 180 g/mol. The second-order valence-electron chi connectivity index (χ2n) is 2.43. The van der Waals surface area contributed by atoms with Crippen LogP contribution in [0.25, 0.3) is 0 Å². The quantitative estimate of drug-likeness (QED) is 0.366. The highest BCUT2D eigenvalue weighted by Crippen LogP contribution is 2.09. The minimum Gasteiger partial charge on any atom is -0.450 e. The molecule has 0 saturated heterocycles. The predicted molar refractivity (Wildman–Crippen MR) is 46.6 cm³/mol. The van der Waals surface area contributed by atoms with Gasteiger partial charge in [0.05, 0.1) is 11.5 Å². The maximum Gasteiger partial charge on any atom is 0.327 e. The van der Waals surface area contributed by atoms with Crippen LogP contribution in [0.1, 0.15) is 5.56 Å². The van der Waals surface area contributed by atoms with Crippen LogP contribution in [0, 0.1) is 10.1 Å². The van der Waals surface area contributed by atoms with Gasteiger partial charge in [-0.2, -0.15) is 0 Å². The minimum atomic E-state index is -0.561. The van der Waals surface area contributed by atoms with Crippen molar-refractivity contribution in [3.63, 3.8) is 0 Å². The van der Waals surface area contributed by atoms with Crippen LogP contribution in [0.4, 0.5) is 5.69 Å². The first kappa shape index (κ1) is 9.69. The first-order valence-corrected chi connectivity index (χ1v) is 3.54. The lowest BCUT2D eigenvalue weighted by Gasteiger charge is -2.01. The Balaban J connectivity index is 3.13. The molecule has 0 aliphatic heterocycles. The van der Waals surface area contributed by atoms with E-state index >= 15 is 0 Å². The van der Waals surface area contributed by atoms with Gasteiger partial charge in [-0.05, 0) is 11.0 Å². The number of aliphatic hydroxyl groups is 1. The second-order valence-corrected chi connectivity index (χ2v) is 2.43. The molecule has 0 heterocycles. The van der Waals surface area contributed by atoms with Crippen LogP contribution in [-0.4, -0.2) is 22.5 Å². The van der Waals surface area contributed by atoms with Gasteiger partial charge in [-0.25, -0.2) is 0 Å². The van der Waals surface area contributed by atoms with Gasteiger partial charge in [-0.3, -0.25) is 10.1 Å². The Morgan fingerprint density at radius 2 is 2.23 bits per heavy atom. The Kier molecular flexibility index (Phi) is 3.00. The highest BCUT2D eigenvalue weighted by molar-refractivity contribution is 6.46. The van der Waals surface area contributed by atoms with Crippen molar-refractivity contribution in [2.75, 3.05) is 0 Å². The van der Waals surface area contributed by atoms with E-state index in [1.54, 1.807) is 0 Å². The van der Waals surface area contributed by atoms with E-state index in [1.165, 1.54) is 18.2 Å². The number of benzene rings is 1. The number of hydrogen-bond acceptors (Lipinski definition) is 4. The van der Waals surface area contributed by atoms with E-state index in [2.05, 4.69) is 0 Å². The number of nitrogens with zero attached hydrogens (tertiary/aromatic N) is 1. The molecule has 13 heavy (non-hydrogen) atoms. The largest absolute Gasteiger partial charge is 0.450 e. The lowest BCUT2D eigenvalue weighted by atomic mass is 9.84. The summed E-state index contributed by atoms with van der Waals surface area (Å²) in [6, 6.07) is 3.88. The van der Waals surface area contributed by atoms with Crippen LogP contribution in [0.15, 0.2) is 18.2 Å². The fourth-order valence-corrected chi connectivity index (χ4v) is 0.960. The van der Waals surface area contributed by atoms with Gasteiger partial charge in [0.15, 0.2) is 0 Å². The first-order valence-electron chi connectivity index (χ1n) is 3.54. The van der Waals surface area contributed by atoms with E-state index in [0.29, 0.717) is 5.56 Å². The summed E-state index contributed by atoms with van der Waals surface area (Å²) in [5.41, 5.74) is 0.599. The van der Waals surface area contributed by atoms with E-state index in [0.717, 1.165) is 7.48 Å². The number of hydrogen-bond donors (Lipinski definition) is 2. The van der Waals surface area contributed by atoms with Gasteiger partial charge in [0.25, 0.3) is 5.69 Å². The topological polar surface area (TPSA) is 83.6 Å². The molecule has 67 valence electrons. The van der Waals surface area contributed by atoms with Crippen molar-refractivity contribution in [1.82, 2.24) is 0 Å². The van der Waals surface area contributed by atoms with E-state index in [-0.39, 0.29) is 17.8 Å². The summed E-state index contributed by atoms with van der Waals surface area (Å²) >= 11 is 0. The van der Waals surface area contributed by atoms with E-state index in [9.17, 15) is 10.1 Å². The fourth-order valence-electron chi connectivity index (χ4n) is 0.960. The van der Waals surface area contributed by atoms with Crippen molar-refractivity contribution in [3.05, 3.63) is 33.9 Å². The zero-order valence-corrected chi connectivity index (χ0v) is 6.67. The summed E-state index contributed by atoms with van der Waals surface area (Å²) in [4.78, 5) is 9.75. The molecule has 0 amide bonds. The molecule has 0 unspecified atom stereocenters. The maximum atomic E-state index is 10.3. The Labute approximate surface area is 75.1 Å². The van der Waals surface area contributed by atoms with Crippen LogP contribution in [0.5, 0.6) is 0 Å². The smallest absolute Gasteiger partial charge is 0.327 e. The third-order valence-corrected chi connectivity index (χ3v) is 1.65. The molecule has 1 rings (SSSR count). The highest BCUT2D eigenvalue weighted by Gasteiger charge is 2.09. The molecule has 1 aromatic rings. The van der Waals surface area contributed by atoms with Gasteiger partial charge < -0.3 is 10.1 Å². The molecule has 0 aliphatic carbocycles. The van der Waals surface area contributed by atoms with Crippen LogP contribution in [-0.2, 0) is 6.61 Å². The van der Waals surface area contributed by atoms with E-state index in [1.807, 2.05) is 0 Å². The van der Waals surface area contributed by atoms with E-state index < -0.39 is 4.92 Å². The van der Waals surface area contributed by atoms with Gasteiger partial charge >= 0.3 is 7.48 Å². The molecule has 0 fully saturated rings. The van der Waals surface area contributed by atoms with Crippen molar-refractivity contribution < 1.29 is 15.1 Å². The van der Waals surface area contributed by atoms with Gasteiger partial charge in [0.2, 0.25) is 0 Å². The lowest BCUT2D eigenvalue weighted by molar-refractivity contribution is -0.384. The third kappa shape index (κ3) is 2.04. The van der Waals surface area contributed by atoms with Gasteiger partial charge in [0, 0.05) is 12.1 Å². The van der Waals surface area contributed by atoms with Crippen LogP contribution in [0.3, 0.4) is 0 Å². The highest BCUT2D eigenvalue weighted by atomic mass is 16.6. The summed E-state index contributed by atoms with van der Waals surface area (Å²) < 4.78 is 0. The summed E-state index contributed by atoms with van der Waals surface area (Å²) in [6.45, 7) is -0.260. The molecule has 6 heteroatoms. The molecular weight excluding hydrogens is 173 g/mol. The number of aliphatic hydroxyl groups excluding tert-OH is 1.